The van der Waals surface area contributed by atoms with Crippen LogP contribution in [0.3, 0.4) is 0 Å². The average Bonchev–Trinajstić information content (AvgIpc) is 3.10. The first-order valence-corrected chi connectivity index (χ1v) is 8.29. The number of H-pyrrole nitrogens is 1. The number of aromatic amines is 1. The molecule has 128 valence electrons. The van der Waals surface area contributed by atoms with E-state index in [1.807, 2.05) is 60.7 Å². The standard InChI is InChI=1S/C20H17N5O/c26-20(21-13-19-23-15-9-4-5-10-16(15)24-19)17-11-6-12-18(25-17)22-14-7-2-1-3-8-14/h1-12H,13H2,(H,21,26)(H,22,25)(H,23,24). The highest BCUT2D eigenvalue weighted by molar-refractivity contribution is 5.92. The molecule has 1 amide bonds. The molecule has 0 aliphatic rings. The number of imidazole rings is 1. The van der Waals surface area contributed by atoms with Crippen molar-refractivity contribution in [2.75, 3.05) is 5.32 Å². The van der Waals surface area contributed by atoms with Gasteiger partial charge in [0.2, 0.25) is 0 Å². The number of nitrogens with zero attached hydrogens (tertiary/aromatic N) is 2. The van der Waals surface area contributed by atoms with Crippen molar-refractivity contribution in [2.24, 2.45) is 0 Å². The molecule has 0 fully saturated rings. The van der Waals surface area contributed by atoms with Crippen LogP contribution in [-0.2, 0) is 6.54 Å². The van der Waals surface area contributed by atoms with Crippen molar-refractivity contribution in [1.82, 2.24) is 20.3 Å². The lowest BCUT2D eigenvalue weighted by Gasteiger charge is -2.07. The van der Waals surface area contributed by atoms with Crippen LogP contribution in [0.25, 0.3) is 11.0 Å². The fourth-order valence-electron chi connectivity index (χ4n) is 2.64. The summed E-state index contributed by atoms with van der Waals surface area (Å²) in [5, 5.41) is 6.03. The highest BCUT2D eigenvalue weighted by Gasteiger charge is 2.09. The van der Waals surface area contributed by atoms with Crippen molar-refractivity contribution < 1.29 is 4.79 Å². The number of hydrogen-bond donors (Lipinski definition) is 3. The van der Waals surface area contributed by atoms with Gasteiger partial charge in [0.05, 0.1) is 17.6 Å². The van der Waals surface area contributed by atoms with Gasteiger partial charge in [-0.25, -0.2) is 9.97 Å². The summed E-state index contributed by atoms with van der Waals surface area (Å²) in [4.78, 5) is 24.4. The number of pyridine rings is 1. The van der Waals surface area contributed by atoms with Gasteiger partial charge in [-0.05, 0) is 36.4 Å². The van der Waals surface area contributed by atoms with E-state index in [0.717, 1.165) is 16.7 Å². The first-order chi connectivity index (χ1) is 12.8. The molecule has 0 saturated heterocycles. The largest absolute Gasteiger partial charge is 0.343 e. The van der Waals surface area contributed by atoms with Gasteiger partial charge in [0.25, 0.3) is 5.91 Å². The maximum atomic E-state index is 12.4. The number of carbonyl (C=O) groups excluding carboxylic acids is 1. The number of amides is 1. The molecule has 2 heterocycles. The van der Waals surface area contributed by atoms with Crippen LogP contribution in [-0.4, -0.2) is 20.9 Å². The number of fused-ring (bicyclic) bond motifs is 1. The molecule has 0 atom stereocenters. The van der Waals surface area contributed by atoms with Crippen LogP contribution in [0.5, 0.6) is 0 Å². The molecule has 3 N–H and O–H groups in total. The van der Waals surface area contributed by atoms with Gasteiger partial charge in [-0.3, -0.25) is 4.79 Å². The summed E-state index contributed by atoms with van der Waals surface area (Å²) in [7, 11) is 0. The number of carbonyl (C=O) groups is 1. The number of anilines is 2. The fourth-order valence-corrected chi connectivity index (χ4v) is 2.64. The fraction of sp³-hybridized carbons (Fsp3) is 0.0500. The molecule has 4 aromatic rings. The minimum Gasteiger partial charge on any atom is -0.343 e. The zero-order valence-corrected chi connectivity index (χ0v) is 13.9. The molecule has 0 aliphatic carbocycles. The van der Waals surface area contributed by atoms with E-state index in [-0.39, 0.29) is 5.91 Å². The van der Waals surface area contributed by atoms with Crippen molar-refractivity contribution in [3.05, 3.63) is 84.3 Å². The third kappa shape index (κ3) is 3.54. The van der Waals surface area contributed by atoms with Gasteiger partial charge in [0.15, 0.2) is 0 Å². The number of para-hydroxylation sites is 3. The summed E-state index contributed by atoms with van der Waals surface area (Å²) in [5.74, 6) is 1.08. The lowest BCUT2D eigenvalue weighted by Crippen LogP contribution is -2.24. The maximum Gasteiger partial charge on any atom is 0.270 e. The van der Waals surface area contributed by atoms with E-state index < -0.39 is 0 Å². The number of aromatic nitrogens is 3. The summed E-state index contributed by atoms with van der Waals surface area (Å²) in [6, 6.07) is 22.8. The van der Waals surface area contributed by atoms with Crippen molar-refractivity contribution in [3.8, 4) is 0 Å². The zero-order chi connectivity index (χ0) is 17.8. The van der Waals surface area contributed by atoms with Crippen LogP contribution in [0, 0.1) is 0 Å². The van der Waals surface area contributed by atoms with Gasteiger partial charge >= 0.3 is 0 Å². The summed E-state index contributed by atoms with van der Waals surface area (Å²) in [6.45, 7) is 0.311. The Morgan fingerprint density at radius 1 is 0.885 bits per heavy atom. The Kier molecular flexibility index (Phi) is 4.30. The molecule has 2 aromatic carbocycles. The Morgan fingerprint density at radius 3 is 2.54 bits per heavy atom. The van der Waals surface area contributed by atoms with Crippen molar-refractivity contribution in [2.45, 2.75) is 6.54 Å². The molecule has 6 nitrogen and oxygen atoms in total. The number of rotatable bonds is 5. The lowest BCUT2D eigenvalue weighted by atomic mass is 10.3. The Hall–Kier alpha value is -3.67. The summed E-state index contributed by atoms with van der Waals surface area (Å²) in [6.07, 6.45) is 0. The van der Waals surface area contributed by atoms with Crippen molar-refractivity contribution in [3.63, 3.8) is 0 Å². The summed E-state index contributed by atoms with van der Waals surface area (Å²) < 4.78 is 0. The van der Waals surface area contributed by atoms with E-state index in [2.05, 4.69) is 25.6 Å². The Morgan fingerprint density at radius 2 is 1.69 bits per heavy atom. The van der Waals surface area contributed by atoms with Crippen molar-refractivity contribution in [1.29, 1.82) is 0 Å². The van der Waals surface area contributed by atoms with Crippen LogP contribution < -0.4 is 10.6 Å². The molecule has 0 unspecified atom stereocenters. The van der Waals surface area contributed by atoms with Crippen LogP contribution in [0.4, 0.5) is 11.5 Å². The molecule has 0 saturated carbocycles. The highest BCUT2D eigenvalue weighted by atomic mass is 16.1. The van der Waals surface area contributed by atoms with Crippen LogP contribution in [0.15, 0.2) is 72.8 Å². The molecular formula is C20H17N5O. The second-order valence-electron chi connectivity index (χ2n) is 5.78. The van der Waals surface area contributed by atoms with Gasteiger partial charge in [0.1, 0.15) is 17.3 Å². The molecule has 0 aliphatic heterocycles. The monoisotopic (exact) mass is 343 g/mol. The number of hydrogen-bond acceptors (Lipinski definition) is 4. The van der Waals surface area contributed by atoms with Crippen LogP contribution in [0.2, 0.25) is 0 Å². The van der Waals surface area contributed by atoms with Gasteiger partial charge in [-0.2, -0.15) is 0 Å². The molecule has 2 aromatic heterocycles. The second kappa shape index (κ2) is 7.06. The predicted molar refractivity (Wildman–Crippen MR) is 101 cm³/mol. The maximum absolute atomic E-state index is 12.4. The quantitative estimate of drug-likeness (QED) is 0.517. The Balaban J connectivity index is 1.43. The summed E-state index contributed by atoms with van der Waals surface area (Å²) >= 11 is 0. The first kappa shape index (κ1) is 15.8. The minimum absolute atomic E-state index is 0.248. The molecule has 0 bridgehead atoms. The molecular weight excluding hydrogens is 326 g/mol. The predicted octanol–water partition coefficient (Wildman–Crippen LogP) is 3.63. The number of nitrogens with one attached hydrogen (secondary N) is 3. The molecule has 6 heteroatoms. The molecule has 4 rings (SSSR count). The molecule has 26 heavy (non-hydrogen) atoms. The topological polar surface area (TPSA) is 82.7 Å². The van der Waals surface area contributed by atoms with E-state index in [9.17, 15) is 4.79 Å². The van der Waals surface area contributed by atoms with Crippen LogP contribution in [0.1, 0.15) is 16.3 Å². The van der Waals surface area contributed by atoms with E-state index in [1.165, 1.54) is 0 Å². The third-order valence-corrected chi connectivity index (χ3v) is 3.88. The molecule has 0 spiro atoms. The van der Waals surface area contributed by atoms with E-state index in [1.54, 1.807) is 12.1 Å². The third-order valence-electron chi connectivity index (χ3n) is 3.88. The highest BCUT2D eigenvalue weighted by Crippen LogP contribution is 2.14. The van der Waals surface area contributed by atoms with Gasteiger partial charge in [-0.15, -0.1) is 0 Å². The van der Waals surface area contributed by atoms with Crippen LogP contribution >= 0.6 is 0 Å². The van der Waals surface area contributed by atoms with E-state index >= 15 is 0 Å². The van der Waals surface area contributed by atoms with Crippen molar-refractivity contribution >= 4 is 28.4 Å². The normalized spacial score (nSPS) is 10.6. The minimum atomic E-state index is -0.248. The first-order valence-electron chi connectivity index (χ1n) is 8.29. The lowest BCUT2D eigenvalue weighted by molar-refractivity contribution is 0.0945. The molecule has 0 radical (unpaired) electrons. The smallest absolute Gasteiger partial charge is 0.270 e. The Labute approximate surface area is 150 Å². The summed E-state index contributed by atoms with van der Waals surface area (Å²) in [5.41, 5.74) is 3.09. The van der Waals surface area contributed by atoms with Gasteiger partial charge < -0.3 is 15.6 Å². The van der Waals surface area contributed by atoms with Gasteiger partial charge in [0, 0.05) is 5.69 Å². The van der Waals surface area contributed by atoms with E-state index in [0.29, 0.717) is 23.9 Å². The van der Waals surface area contributed by atoms with E-state index in [4.69, 9.17) is 0 Å². The Bertz CT molecular complexity index is 1010. The second-order valence-corrected chi connectivity index (χ2v) is 5.78. The zero-order valence-electron chi connectivity index (χ0n) is 13.9. The van der Waals surface area contributed by atoms with Gasteiger partial charge in [-0.1, -0.05) is 36.4 Å². The average molecular weight is 343 g/mol. The number of benzene rings is 2. The SMILES string of the molecule is O=C(NCc1nc2ccccc2[nH]1)c1cccc(Nc2ccccc2)n1.